The van der Waals surface area contributed by atoms with E-state index in [9.17, 15) is 0 Å². The molecular weight excluding hydrogens is 226 g/mol. The summed E-state index contributed by atoms with van der Waals surface area (Å²) in [5.74, 6) is 1.61. The first kappa shape index (κ1) is 12.2. The van der Waals surface area contributed by atoms with E-state index in [4.69, 9.17) is 9.94 Å². The Labute approximate surface area is 106 Å². The summed E-state index contributed by atoms with van der Waals surface area (Å²) in [5.41, 5.74) is 3.15. The molecule has 0 fully saturated rings. The van der Waals surface area contributed by atoms with Crippen molar-refractivity contribution in [1.29, 1.82) is 0 Å². The lowest BCUT2D eigenvalue weighted by Crippen LogP contribution is -1.89. The lowest BCUT2D eigenvalue weighted by atomic mass is 10.1. The maximum Gasteiger partial charge on any atom is 0.130 e. The third kappa shape index (κ3) is 2.88. The summed E-state index contributed by atoms with van der Waals surface area (Å²) in [6.45, 7) is 4.08. The van der Waals surface area contributed by atoms with Crippen molar-refractivity contribution >= 4 is 6.21 Å². The van der Waals surface area contributed by atoms with Crippen LogP contribution in [0, 0.1) is 13.8 Å². The van der Waals surface area contributed by atoms with Crippen LogP contribution in [0.1, 0.15) is 16.7 Å². The predicted octanol–water partition coefficient (Wildman–Crippen LogP) is 3.90. The van der Waals surface area contributed by atoms with Crippen molar-refractivity contribution in [3.05, 3.63) is 59.2 Å². The molecule has 0 aliphatic rings. The second kappa shape index (κ2) is 5.36. The van der Waals surface area contributed by atoms with E-state index in [1.165, 1.54) is 11.8 Å². The quantitative estimate of drug-likeness (QED) is 0.503. The second-order valence-corrected chi connectivity index (χ2v) is 4.18. The van der Waals surface area contributed by atoms with Gasteiger partial charge in [0.15, 0.2) is 0 Å². The highest BCUT2D eigenvalue weighted by molar-refractivity contribution is 5.79. The molecule has 1 N–H and O–H groups in total. The second-order valence-electron chi connectivity index (χ2n) is 4.18. The Balaban J connectivity index is 2.18. The molecule has 0 amide bonds. The number of benzene rings is 2. The molecule has 0 aliphatic heterocycles. The van der Waals surface area contributed by atoms with Crippen LogP contribution >= 0.6 is 0 Å². The smallest absolute Gasteiger partial charge is 0.130 e. The van der Waals surface area contributed by atoms with E-state index in [-0.39, 0.29) is 0 Å². The molecule has 0 aliphatic carbocycles. The van der Waals surface area contributed by atoms with Gasteiger partial charge in [0.25, 0.3) is 0 Å². The Kier molecular flexibility index (Phi) is 3.63. The SMILES string of the molecule is Cc1ccc(Oc2ccc(C=NO)cc2)c(C)c1. The first-order valence-electron chi connectivity index (χ1n) is 5.71. The summed E-state index contributed by atoms with van der Waals surface area (Å²) in [6, 6.07) is 13.4. The average molecular weight is 241 g/mol. The number of nitrogens with zero attached hydrogens (tertiary/aromatic N) is 1. The van der Waals surface area contributed by atoms with Crippen LogP contribution in [-0.4, -0.2) is 11.4 Å². The van der Waals surface area contributed by atoms with Crippen LogP contribution in [0.25, 0.3) is 0 Å². The molecule has 3 nitrogen and oxygen atoms in total. The molecule has 2 aromatic rings. The third-order valence-electron chi connectivity index (χ3n) is 2.65. The van der Waals surface area contributed by atoms with Gasteiger partial charge in [0, 0.05) is 0 Å². The zero-order valence-corrected chi connectivity index (χ0v) is 10.4. The van der Waals surface area contributed by atoms with E-state index in [2.05, 4.69) is 18.1 Å². The zero-order chi connectivity index (χ0) is 13.0. The van der Waals surface area contributed by atoms with E-state index in [1.54, 1.807) is 0 Å². The fourth-order valence-electron chi connectivity index (χ4n) is 1.73. The van der Waals surface area contributed by atoms with Gasteiger partial charge in [0.1, 0.15) is 11.5 Å². The highest BCUT2D eigenvalue weighted by atomic mass is 16.5. The first-order valence-corrected chi connectivity index (χ1v) is 5.71. The van der Waals surface area contributed by atoms with E-state index >= 15 is 0 Å². The van der Waals surface area contributed by atoms with Crippen molar-refractivity contribution < 1.29 is 9.94 Å². The maximum absolute atomic E-state index is 8.42. The lowest BCUT2D eigenvalue weighted by Gasteiger charge is -2.09. The molecule has 2 aromatic carbocycles. The molecule has 92 valence electrons. The molecule has 0 aromatic heterocycles. The summed E-state index contributed by atoms with van der Waals surface area (Å²) >= 11 is 0. The molecule has 3 heteroatoms. The first-order chi connectivity index (χ1) is 8.69. The molecule has 0 bridgehead atoms. The Bertz CT molecular complexity index is 559. The Morgan fingerprint density at radius 3 is 2.39 bits per heavy atom. The molecule has 0 spiro atoms. The van der Waals surface area contributed by atoms with Crippen LogP contribution < -0.4 is 4.74 Å². The number of hydrogen-bond acceptors (Lipinski definition) is 3. The minimum atomic E-state index is 0.761. The normalized spacial score (nSPS) is 10.8. The van der Waals surface area contributed by atoms with Gasteiger partial charge in [0.2, 0.25) is 0 Å². The molecule has 18 heavy (non-hydrogen) atoms. The van der Waals surface area contributed by atoms with Crippen LogP contribution in [-0.2, 0) is 0 Å². The van der Waals surface area contributed by atoms with Crippen LogP contribution in [0.4, 0.5) is 0 Å². The summed E-state index contributed by atoms with van der Waals surface area (Å²) < 4.78 is 5.79. The van der Waals surface area contributed by atoms with Gasteiger partial charge in [0.05, 0.1) is 6.21 Å². The van der Waals surface area contributed by atoms with Crippen molar-refractivity contribution in [2.45, 2.75) is 13.8 Å². The third-order valence-corrected chi connectivity index (χ3v) is 2.65. The van der Waals surface area contributed by atoms with Gasteiger partial charge >= 0.3 is 0 Å². The number of aryl methyl sites for hydroxylation is 2. The van der Waals surface area contributed by atoms with Crippen LogP contribution in [0.3, 0.4) is 0 Å². The monoisotopic (exact) mass is 241 g/mol. The average Bonchev–Trinajstić information content (AvgIpc) is 2.35. The Morgan fingerprint density at radius 2 is 1.78 bits per heavy atom. The van der Waals surface area contributed by atoms with Gasteiger partial charge < -0.3 is 9.94 Å². The van der Waals surface area contributed by atoms with Gasteiger partial charge in [-0.1, -0.05) is 22.9 Å². The fourth-order valence-corrected chi connectivity index (χ4v) is 1.73. The van der Waals surface area contributed by atoms with Crippen molar-refractivity contribution in [1.82, 2.24) is 0 Å². The van der Waals surface area contributed by atoms with Crippen LogP contribution in [0.15, 0.2) is 47.6 Å². The highest BCUT2D eigenvalue weighted by Gasteiger charge is 2.01. The molecule has 0 unspecified atom stereocenters. The van der Waals surface area contributed by atoms with Gasteiger partial charge in [-0.05, 0) is 55.3 Å². The van der Waals surface area contributed by atoms with Gasteiger partial charge in [-0.2, -0.15) is 0 Å². The minimum absolute atomic E-state index is 0.761. The number of hydrogen-bond donors (Lipinski definition) is 1. The number of ether oxygens (including phenoxy) is 1. The largest absolute Gasteiger partial charge is 0.457 e. The summed E-state index contributed by atoms with van der Waals surface area (Å²) in [7, 11) is 0. The fraction of sp³-hybridized carbons (Fsp3) is 0.133. The highest BCUT2D eigenvalue weighted by Crippen LogP contribution is 2.25. The zero-order valence-electron chi connectivity index (χ0n) is 10.4. The van der Waals surface area contributed by atoms with E-state index in [0.717, 1.165) is 22.6 Å². The summed E-state index contributed by atoms with van der Waals surface area (Å²) in [5, 5.41) is 11.4. The van der Waals surface area contributed by atoms with Crippen molar-refractivity contribution in [3.63, 3.8) is 0 Å². The van der Waals surface area contributed by atoms with Gasteiger partial charge in [-0.15, -0.1) is 0 Å². The van der Waals surface area contributed by atoms with Crippen molar-refractivity contribution in [2.75, 3.05) is 0 Å². The predicted molar refractivity (Wildman–Crippen MR) is 71.8 cm³/mol. The summed E-state index contributed by atoms with van der Waals surface area (Å²) in [4.78, 5) is 0. The maximum atomic E-state index is 8.42. The van der Waals surface area contributed by atoms with Crippen LogP contribution in [0.2, 0.25) is 0 Å². The molecule has 2 rings (SSSR count). The topological polar surface area (TPSA) is 41.8 Å². The molecule has 0 heterocycles. The molecule has 0 saturated heterocycles. The van der Waals surface area contributed by atoms with E-state index < -0.39 is 0 Å². The Hall–Kier alpha value is -2.29. The number of rotatable bonds is 3. The van der Waals surface area contributed by atoms with Crippen molar-refractivity contribution in [3.8, 4) is 11.5 Å². The molecule has 0 atom stereocenters. The van der Waals surface area contributed by atoms with Gasteiger partial charge in [-0.3, -0.25) is 0 Å². The lowest BCUT2D eigenvalue weighted by molar-refractivity contribution is 0.322. The van der Waals surface area contributed by atoms with E-state index in [1.807, 2.05) is 43.3 Å². The molecule has 0 saturated carbocycles. The van der Waals surface area contributed by atoms with Crippen LogP contribution in [0.5, 0.6) is 11.5 Å². The molecule has 0 radical (unpaired) electrons. The number of oxime groups is 1. The van der Waals surface area contributed by atoms with E-state index in [0.29, 0.717) is 0 Å². The summed E-state index contributed by atoms with van der Waals surface area (Å²) in [6.07, 6.45) is 1.38. The standard InChI is InChI=1S/C15H15NO2/c1-11-3-8-15(12(2)9-11)18-14-6-4-13(5-7-14)10-16-17/h3-10,17H,1-2H3. The van der Waals surface area contributed by atoms with Gasteiger partial charge in [-0.25, -0.2) is 0 Å². The van der Waals surface area contributed by atoms with Crippen molar-refractivity contribution in [2.24, 2.45) is 5.16 Å². The minimum Gasteiger partial charge on any atom is -0.457 e. The molecular formula is C15H15NO2. The Morgan fingerprint density at radius 1 is 1.06 bits per heavy atom.